The van der Waals surface area contributed by atoms with E-state index in [0.29, 0.717) is 38.6 Å². The highest BCUT2D eigenvalue weighted by Crippen LogP contribution is 2.67. The van der Waals surface area contributed by atoms with Crippen molar-refractivity contribution in [2.45, 2.75) is 102 Å². The lowest BCUT2D eigenvalue weighted by molar-refractivity contribution is -0.184. The van der Waals surface area contributed by atoms with E-state index in [1.807, 2.05) is 6.92 Å². The molecule has 3 saturated carbocycles. The molecule has 0 aromatic heterocycles. The summed E-state index contributed by atoms with van der Waals surface area (Å²) in [5.74, 6) is -2.64. The molecule has 40 heavy (non-hydrogen) atoms. The molecule has 1 amide bonds. The molecule has 8 atom stereocenters. The van der Waals surface area contributed by atoms with Gasteiger partial charge in [-0.3, -0.25) is 19.2 Å². The van der Waals surface area contributed by atoms with Gasteiger partial charge in [-0.25, -0.2) is 4.79 Å². The number of carbonyl (C=O) groups excluding carboxylic acids is 4. The fourth-order valence-electron chi connectivity index (χ4n) is 9.16. The molecule has 4 fully saturated rings. The minimum Gasteiger partial charge on any atom is -0.480 e. The fraction of sp³-hybridized carbons (Fsp3) is 0.767. The van der Waals surface area contributed by atoms with Gasteiger partial charge in [0.2, 0.25) is 11.7 Å². The third kappa shape index (κ3) is 4.51. The van der Waals surface area contributed by atoms with Crippen molar-refractivity contribution >= 4 is 29.4 Å². The van der Waals surface area contributed by atoms with Crippen LogP contribution in [0.4, 0.5) is 0 Å². The zero-order valence-corrected chi connectivity index (χ0v) is 23.4. The Hall–Kier alpha value is -2.59. The molecule has 10 nitrogen and oxygen atoms in total. The summed E-state index contributed by atoms with van der Waals surface area (Å²) in [6.45, 7) is 3.73. The Morgan fingerprint density at radius 3 is 2.55 bits per heavy atom. The van der Waals surface area contributed by atoms with Crippen molar-refractivity contribution in [3.8, 4) is 0 Å². The second-order valence-corrected chi connectivity index (χ2v) is 13.1. The standard InChI is InChI=1S/C30H41NO9/c1-28-11-9-18(32)14-17(28)5-6-19-20-10-12-30(39,29(20,2)15-22(33)26(19)28)23(34)16-40-25(36)8-7-24(35)31-13-3-4-21(31)27(37)38/h14,19-22,26,33,39H,3-13,15-16H2,1-2H3,(H,37,38)/t19-,20-,21+,22-,26+,28-,29-,30-/m0/s1. The van der Waals surface area contributed by atoms with Crippen molar-refractivity contribution in [3.05, 3.63) is 11.6 Å². The maximum absolute atomic E-state index is 13.4. The summed E-state index contributed by atoms with van der Waals surface area (Å²) in [6, 6.07) is -0.879. The Bertz CT molecular complexity index is 1150. The van der Waals surface area contributed by atoms with Crippen LogP contribution < -0.4 is 0 Å². The second-order valence-electron chi connectivity index (χ2n) is 13.1. The molecule has 3 N–H and O–H groups in total. The maximum atomic E-state index is 13.4. The van der Waals surface area contributed by atoms with Crippen molar-refractivity contribution < 1.29 is 44.0 Å². The van der Waals surface area contributed by atoms with Crippen LogP contribution in [0, 0.1) is 28.6 Å². The number of aliphatic hydroxyl groups excluding tert-OH is 1. The first-order chi connectivity index (χ1) is 18.8. The van der Waals surface area contributed by atoms with Crippen LogP contribution in [-0.2, 0) is 28.7 Å². The first-order valence-electron chi connectivity index (χ1n) is 14.7. The van der Waals surface area contributed by atoms with Crippen molar-refractivity contribution in [1.29, 1.82) is 0 Å². The number of allylic oxidation sites excluding steroid dienone is 1. The number of likely N-dealkylation sites (tertiary alicyclic amines) is 1. The average molecular weight is 560 g/mol. The molecule has 0 spiro atoms. The minimum absolute atomic E-state index is 0.0156. The van der Waals surface area contributed by atoms with Crippen LogP contribution in [0.25, 0.3) is 0 Å². The van der Waals surface area contributed by atoms with Crippen molar-refractivity contribution in [1.82, 2.24) is 4.90 Å². The van der Waals surface area contributed by atoms with Crippen LogP contribution in [0.5, 0.6) is 0 Å². The third-order valence-corrected chi connectivity index (χ3v) is 11.3. The van der Waals surface area contributed by atoms with Gasteiger partial charge in [-0.15, -0.1) is 0 Å². The van der Waals surface area contributed by atoms with Crippen molar-refractivity contribution in [2.24, 2.45) is 28.6 Å². The molecule has 1 saturated heterocycles. The van der Waals surface area contributed by atoms with Gasteiger partial charge in [0.05, 0.1) is 12.5 Å². The molecule has 220 valence electrons. The van der Waals surface area contributed by atoms with Crippen LogP contribution in [0.2, 0.25) is 0 Å². The first-order valence-corrected chi connectivity index (χ1v) is 14.7. The molecule has 4 aliphatic carbocycles. The number of aliphatic carboxylic acids is 1. The molecule has 5 aliphatic rings. The summed E-state index contributed by atoms with van der Waals surface area (Å²) in [7, 11) is 0. The lowest BCUT2D eigenvalue weighted by Crippen LogP contribution is -2.62. The number of carbonyl (C=O) groups is 5. The van der Waals surface area contributed by atoms with E-state index in [1.54, 1.807) is 6.08 Å². The quantitative estimate of drug-likeness (QED) is 0.398. The number of carboxylic acids is 1. The van der Waals surface area contributed by atoms with E-state index in [4.69, 9.17) is 4.74 Å². The highest BCUT2D eigenvalue weighted by atomic mass is 16.5. The molecule has 1 aliphatic heterocycles. The molecule has 0 bridgehead atoms. The van der Waals surface area contributed by atoms with E-state index in [9.17, 15) is 39.3 Å². The molecule has 10 heteroatoms. The molecular formula is C30H41NO9. The normalized spacial score (nSPS) is 40.5. The van der Waals surface area contributed by atoms with Gasteiger partial charge in [0.25, 0.3) is 0 Å². The van der Waals surface area contributed by atoms with Crippen LogP contribution in [0.15, 0.2) is 11.6 Å². The summed E-state index contributed by atoms with van der Waals surface area (Å²) in [5, 5.41) is 32.5. The largest absolute Gasteiger partial charge is 0.480 e. The molecule has 5 rings (SSSR count). The number of nitrogens with zero attached hydrogens (tertiary/aromatic N) is 1. The Labute approximate surface area is 234 Å². The predicted octanol–water partition coefficient (Wildman–Crippen LogP) is 2.19. The smallest absolute Gasteiger partial charge is 0.326 e. The van der Waals surface area contributed by atoms with Crippen molar-refractivity contribution in [2.75, 3.05) is 13.2 Å². The van der Waals surface area contributed by atoms with E-state index in [1.165, 1.54) is 4.90 Å². The average Bonchev–Trinajstić information content (AvgIpc) is 3.50. The van der Waals surface area contributed by atoms with E-state index < -0.39 is 53.4 Å². The number of ether oxygens (including phenoxy) is 1. The summed E-state index contributed by atoms with van der Waals surface area (Å²) in [6.07, 6.45) is 5.35. The van der Waals surface area contributed by atoms with Gasteiger partial charge in [-0.05, 0) is 80.6 Å². The summed E-state index contributed by atoms with van der Waals surface area (Å²) in [5.41, 5.74) is -1.78. The topological polar surface area (TPSA) is 159 Å². The van der Waals surface area contributed by atoms with Gasteiger partial charge < -0.3 is 25.0 Å². The lowest BCUT2D eigenvalue weighted by Gasteiger charge is -2.60. The summed E-state index contributed by atoms with van der Waals surface area (Å²) in [4.78, 5) is 62.9. The minimum atomic E-state index is -1.75. The van der Waals surface area contributed by atoms with E-state index >= 15 is 0 Å². The van der Waals surface area contributed by atoms with Crippen LogP contribution in [-0.4, -0.2) is 80.5 Å². The zero-order valence-electron chi connectivity index (χ0n) is 23.4. The van der Waals surface area contributed by atoms with Crippen LogP contribution in [0.1, 0.15) is 84.5 Å². The van der Waals surface area contributed by atoms with Gasteiger partial charge in [0.15, 0.2) is 12.4 Å². The Kier molecular flexibility index (Phi) is 7.48. The molecular weight excluding hydrogens is 518 g/mol. The van der Waals surface area contributed by atoms with Gasteiger partial charge in [-0.2, -0.15) is 0 Å². The number of Topliss-reactive ketones (excluding diaryl/α,β-unsaturated/α-hetero) is 1. The Balaban J connectivity index is 1.21. The summed E-state index contributed by atoms with van der Waals surface area (Å²) < 4.78 is 5.19. The third-order valence-electron chi connectivity index (χ3n) is 11.3. The first kappa shape index (κ1) is 28.9. The SMILES string of the molecule is C[C@]12CCC(=O)C=C1CC[C@@H]1[C@@H]2[C@@H](O)C[C@@]2(C)[C@H]1CC[C@]2(O)C(=O)COC(=O)CCC(=O)N1CCC[C@@H]1C(=O)O. The Morgan fingerprint density at radius 2 is 1.82 bits per heavy atom. The fourth-order valence-corrected chi connectivity index (χ4v) is 9.16. The number of carboxylic acid groups (broad SMARTS) is 1. The van der Waals surface area contributed by atoms with Gasteiger partial charge in [-0.1, -0.05) is 19.4 Å². The van der Waals surface area contributed by atoms with Crippen LogP contribution >= 0.6 is 0 Å². The highest BCUT2D eigenvalue weighted by Gasteiger charge is 2.68. The predicted molar refractivity (Wildman–Crippen MR) is 141 cm³/mol. The maximum Gasteiger partial charge on any atom is 0.326 e. The number of amides is 1. The highest BCUT2D eigenvalue weighted by molar-refractivity contribution is 5.92. The summed E-state index contributed by atoms with van der Waals surface area (Å²) >= 11 is 0. The van der Waals surface area contributed by atoms with Crippen molar-refractivity contribution in [3.63, 3.8) is 0 Å². The zero-order chi connectivity index (χ0) is 29.0. The molecule has 0 radical (unpaired) electrons. The lowest BCUT2D eigenvalue weighted by atomic mass is 9.45. The van der Waals surface area contributed by atoms with Gasteiger partial charge >= 0.3 is 11.9 Å². The number of ketones is 2. The monoisotopic (exact) mass is 559 g/mol. The number of fused-ring (bicyclic) bond motifs is 5. The van der Waals surface area contributed by atoms with Crippen LogP contribution in [0.3, 0.4) is 0 Å². The second kappa shape index (κ2) is 10.4. The molecule has 1 heterocycles. The molecule has 0 unspecified atom stereocenters. The van der Waals surface area contributed by atoms with Gasteiger partial charge in [0.1, 0.15) is 11.6 Å². The molecule has 0 aromatic rings. The number of hydrogen-bond donors (Lipinski definition) is 3. The van der Waals surface area contributed by atoms with Gasteiger partial charge in [0, 0.05) is 24.8 Å². The number of aliphatic hydroxyl groups is 2. The van der Waals surface area contributed by atoms with E-state index in [0.717, 1.165) is 18.4 Å². The number of esters is 1. The van der Waals surface area contributed by atoms with E-state index in [-0.39, 0.29) is 54.6 Å². The molecule has 0 aromatic carbocycles. The van der Waals surface area contributed by atoms with E-state index in [2.05, 4.69) is 6.92 Å². The number of rotatable bonds is 7. The number of hydrogen-bond acceptors (Lipinski definition) is 8. The Morgan fingerprint density at radius 1 is 1.07 bits per heavy atom.